The molecule has 12 heteroatoms. The van der Waals surface area contributed by atoms with Crippen LogP contribution in [0.3, 0.4) is 0 Å². The Morgan fingerprint density at radius 2 is 1.87 bits per heavy atom. The molecule has 2 aromatic heterocycles. The van der Waals surface area contributed by atoms with Crippen molar-refractivity contribution in [3.05, 3.63) is 36.2 Å². The number of aromatic nitrogens is 4. The molecule has 10 nitrogen and oxygen atoms in total. The molecule has 1 amide bonds. The van der Waals surface area contributed by atoms with E-state index in [9.17, 15) is 13.6 Å². The van der Waals surface area contributed by atoms with Gasteiger partial charge in [-0.05, 0) is 44.2 Å². The number of para-hydroxylation sites is 2. The number of ether oxygens (including phenoxy) is 2. The van der Waals surface area contributed by atoms with Crippen molar-refractivity contribution in [2.24, 2.45) is 0 Å². The minimum atomic E-state index is -2.77. The van der Waals surface area contributed by atoms with E-state index in [4.69, 9.17) is 19.4 Å². The number of amides is 1. The van der Waals surface area contributed by atoms with E-state index in [1.165, 1.54) is 4.57 Å². The van der Waals surface area contributed by atoms with Crippen LogP contribution >= 0.6 is 0 Å². The van der Waals surface area contributed by atoms with Crippen LogP contribution in [0.5, 0.6) is 0 Å². The molecule has 0 bridgehead atoms. The molecular weight excluding hydrogens is 508 g/mol. The zero-order chi connectivity index (χ0) is 26.8. The quantitative estimate of drug-likeness (QED) is 0.446. The fourth-order valence-corrected chi connectivity index (χ4v) is 5.47. The lowest BCUT2D eigenvalue weighted by atomic mass is 9.86. The highest BCUT2D eigenvalue weighted by Gasteiger charge is 2.32. The zero-order valence-electron chi connectivity index (χ0n) is 21.7. The van der Waals surface area contributed by atoms with Crippen molar-refractivity contribution >= 4 is 28.7 Å². The van der Waals surface area contributed by atoms with E-state index in [2.05, 4.69) is 15.6 Å². The molecule has 1 atom stereocenters. The summed E-state index contributed by atoms with van der Waals surface area (Å²) in [5.74, 6) is 0.991. The summed E-state index contributed by atoms with van der Waals surface area (Å²) in [6.07, 6.45) is 2.25. The van der Waals surface area contributed by atoms with Gasteiger partial charge in [0.1, 0.15) is 11.6 Å². The van der Waals surface area contributed by atoms with Crippen molar-refractivity contribution in [1.29, 1.82) is 0 Å². The molecule has 1 saturated carbocycles. The minimum Gasteiger partial charge on any atom is -0.378 e. The summed E-state index contributed by atoms with van der Waals surface area (Å²) in [5.41, 5.74) is 1.03. The van der Waals surface area contributed by atoms with Gasteiger partial charge in [-0.2, -0.15) is 9.97 Å². The molecule has 0 spiro atoms. The number of halogens is 2. The molecule has 6 rings (SSSR count). The SMILES string of the molecule is O=C(CC1CCCCO1)N[C@H]1C[C@H](Nc2cc(-n3c(C(F)F)nc4ccccc43)nc(N3CCOCC3)n2)C1. The van der Waals surface area contributed by atoms with Gasteiger partial charge in [-0.1, -0.05) is 12.1 Å². The molecule has 39 heavy (non-hydrogen) atoms. The molecule has 3 aromatic rings. The molecule has 2 N–H and O–H groups in total. The average Bonchev–Trinajstić information content (AvgIpc) is 3.33. The first-order valence-corrected chi connectivity index (χ1v) is 13.7. The van der Waals surface area contributed by atoms with E-state index in [-0.39, 0.29) is 29.9 Å². The van der Waals surface area contributed by atoms with Crippen LogP contribution in [0.25, 0.3) is 16.9 Å². The Kier molecular flexibility index (Phi) is 7.55. The lowest BCUT2D eigenvalue weighted by molar-refractivity contribution is -0.126. The molecule has 0 radical (unpaired) electrons. The lowest BCUT2D eigenvalue weighted by Gasteiger charge is -2.37. The number of morpholine rings is 1. The molecule has 1 aromatic carbocycles. The van der Waals surface area contributed by atoms with Crippen LogP contribution in [0, 0.1) is 0 Å². The summed E-state index contributed by atoms with van der Waals surface area (Å²) in [6, 6.07) is 8.91. The number of carbonyl (C=O) groups is 1. The molecule has 3 aliphatic rings. The molecule has 2 saturated heterocycles. The van der Waals surface area contributed by atoms with Gasteiger partial charge in [0.25, 0.3) is 6.43 Å². The van der Waals surface area contributed by atoms with E-state index >= 15 is 0 Å². The second-order valence-electron chi connectivity index (χ2n) is 10.4. The second-order valence-corrected chi connectivity index (χ2v) is 10.4. The highest BCUT2D eigenvalue weighted by atomic mass is 19.3. The molecule has 1 aliphatic carbocycles. The first-order valence-electron chi connectivity index (χ1n) is 13.7. The van der Waals surface area contributed by atoms with Gasteiger partial charge in [0, 0.05) is 37.8 Å². The standard InChI is InChI=1S/C27H33F2N7O3/c28-25(29)26-32-20-6-1-2-7-21(20)36(26)23-16-22(33-27(34-23)35-8-11-38-12-9-35)30-17-13-18(14-17)31-24(37)15-19-5-3-4-10-39-19/h1-2,6-7,16-19,25H,3-5,8-15H2,(H,31,37)(H,30,33,34)/t17-,18-,19?. The van der Waals surface area contributed by atoms with Gasteiger partial charge in [-0.25, -0.2) is 13.8 Å². The third-order valence-corrected chi connectivity index (χ3v) is 7.55. The topological polar surface area (TPSA) is 106 Å². The molecule has 208 valence electrons. The highest BCUT2D eigenvalue weighted by molar-refractivity contribution is 5.78. The number of hydrogen-bond acceptors (Lipinski definition) is 8. The zero-order valence-corrected chi connectivity index (χ0v) is 21.7. The Hall–Kier alpha value is -3.38. The number of alkyl halides is 2. The van der Waals surface area contributed by atoms with Crippen LogP contribution in [-0.4, -0.2) is 76.5 Å². The van der Waals surface area contributed by atoms with Gasteiger partial charge in [-0.3, -0.25) is 9.36 Å². The smallest absolute Gasteiger partial charge is 0.296 e. The minimum absolute atomic E-state index is 0.0168. The number of nitrogens with zero attached hydrogens (tertiary/aromatic N) is 5. The van der Waals surface area contributed by atoms with Crippen molar-refractivity contribution in [2.75, 3.05) is 43.1 Å². The van der Waals surface area contributed by atoms with Crippen molar-refractivity contribution in [2.45, 2.75) is 63.1 Å². The van der Waals surface area contributed by atoms with E-state index in [0.717, 1.165) is 38.7 Å². The largest absolute Gasteiger partial charge is 0.378 e. The summed E-state index contributed by atoms with van der Waals surface area (Å²) >= 11 is 0. The van der Waals surface area contributed by atoms with E-state index in [0.29, 0.717) is 61.3 Å². The Morgan fingerprint density at radius 3 is 2.64 bits per heavy atom. The third kappa shape index (κ3) is 5.81. The second kappa shape index (κ2) is 11.4. The monoisotopic (exact) mass is 541 g/mol. The Balaban J connectivity index is 1.20. The summed E-state index contributed by atoms with van der Waals surface area (Å²) in [7, 11) is 0. The van der Waals surface area contributed by atoms with Crippen LogP contribution < -0.4 is 15.5 Å². The number of benzene rings is 1. The number of nitrogens with one attached hydrogen (secondary N) is 2. The number of carbonyl (C=O) groups excluding carboxylic acids is 1. The lowest BCUT2D eigenvalue weighted by Crippen LogP contribution is -2.50. The Labute approximate surface area is 225 Å². The summed E-state index contributed by atoms with van der Waals surface area (Å²) in [4.78, 5) is 28.0. The fourth-order valence-electron chi connectivity index (χ4n) is 5.47. The number of imidazole rings is 1. The molecule has 4 heterocycles. The number of fused-ring (bicyclic) bond motifs is 1. The van der Waals surface area contributed by atoms with Gasteiger partial charge >= 0.3 is 0 Å². The summed E-state index contributed by atoms with van der Waals surface area (Å²) < 4.78 is 40.7. The first-order chi connectivity index (χ1) is 19.0. The Morgan fingerprint density at radius 1 is 1.05 bits per heavy atom. The van der Waals surface area contributed by atoms with E-state index < -0.39 is 6.43 Å². The van der Waals surface area contributed by atoms with E-state index in [1.807, 2.05) is 4.90 Å². The number of rotatable bonds is 8. The van der Waals surface area contributed by atoms with E-state index in [1.54, 1.807) is 30.3 Å². The number of hydrogen-bond donors (Lipinski definition) is 2. The van der Waals surface area contributed by atoms with Crippen LogP contribution in [-0.2, 0) is 14.3 Å². The maximum absolute atomic E-state index is 14.1. The van der Waals surface area contributed by atoms with Crippen LogP contribution in [0.1, 0.15) is 50.8 Å². The van der Waals surface area contributed by atoms with Gasteiger partial charge < -0.3 is 25.0 Å². The normalized spacial score (nSPS) is 23.6. The highest BCUT2D eigenvalue weighted by Crippen LogP contribution is 2.30. The number of anilines is 2. The summed E-state index contributed by atoms with van der Waals surface area (Å²) in [5, 5.41) is 6.54. The molecule has 1 unspecified atom stereocenters. The maximum Gasteiger partial charge on any atom is 0.296 e. The average molecular weight is 542 g/mol. The predicted octanol–water partition coefficient (Wildman–Crippen LogP) is 3.61. The molecular formula is C27H33F2N7O3. The first kappa shape index (κ1) is 25.9. The van der Waals surface area contributed by atoms with Crippen LogP contribution in [0.2, 0.25) is 0 Å². The van der Waals surface area contributed by atoms with Gasteiger partial charge in [-0.15, -0.1) is 0 Å². The third-order valence-electron chi connectivity index (χ3n) is 7.55. The van der Waals surface area contributed by atoms with Crippen LogP contribution in [0.15, 0.2) is 30.3 Å². The van der Waals surface area contributed by atoms with Gasteiger partial charge in [0.2, 0.25) is 11.9 Å². The fraction of sp³-hybridized carbons (Fsp3) is 0.556. The van der Waals surface area contributed by atoms with Gasteiger partial charge in [0.05, 0.1) is 36.8 Å². The van der Waals surface area contributed by atoms with Crippen molar-refractivity contribution in [3.8, 4) is 5.82 Å². The van der Waals surface area contributed by atoms with Crippen LogP contribution in [0.4, 0.5) is 20.5 Å². The Bertz CT molecular complexity index is 1300. The summed E-state index contributed by atoms with van der Waals surface area (Å²) in [6.45, 7) is 3.04. The maximum atomic E-state index is 14.1. The molecule has 3 fully saturated rings. The van der Waals surface area contributed by atoms with Crippen molar-refractivity contribution in [3.63, 3.8) is 0 Å². The predicted molar refractivity (Wildman–Crippen MR) is 141 cm³/mol. The molecule has 2 aliphatic heterocycles. The van der Waals surface area contributed by atoms with Crippen molar-refractivity contribution in [1.82, 2.24) is 24.8 Å². The van der Waals surface area contributed by atoms with Crippen molar-refractivity contribution < 1.29 is 23.0 Å². The van der Waals surface area contributed by atoms with Gasteiger partial charge in [0.15, 0.2) is 5.82 Å².